The number of aryl methyl sites for hydroxylation is 1. The van der Waals surface area contributed by atoms with Crippen molar-refractivity contribution in [1.82, 2.24) is 29.6 Å². The fourth-order valence-electron chi connectivity index (χ4n) is 4.01. The molecule has 4 aromatic rings. The number of aliphatic hydroxyl groups is 1. The third-order valence-electron chi connectivity index (χ3n) is 5.52. The number of carbonyl (C=O) groups is 1. The maximum Gasteiger partial charge on any atom is 0.256 e. The molecule has 4 heterocycles. The van der Waals surface area contributed by atoms with Gasteiger partial charge < -0.3 is 10.0 Å². The van der Waals surface area contributed by atoms with Crippen LogP contribution >= 0.6 is 0 Å². The highest BCUT2D eigenvalue weighted by atomic mass is 16.3. The standard InChI is InChI=1S/C23H22N6O2/c1-23(2,31)18-7-6-15(17-12-28(3)27-20(17)18)21-25-9-14(10-26-21)11-29-13-19-16(22(29)30)5-4-8-24-19/h4-10,12,31H,11,13H2,1-3H3. The SMILES string of the molecule is Cn1cc2c(-c3ncc(CN4Cc5ncccc5C4=O)cn3)ccc(C(C)(C)O)c2n1. The molecule has 0 saturated carbocycles. The summed E-state index contributed by atoms with van der Waals surface area (Å²) >= 11 is 0. The highest BCUT2D eigenvalue weighted by Gasteiger charge is 2.28. The van der Waals surface area contributed by atoms with Gasteiger partial charge in [-0.05, 0) is 32.0 Å². The van der Waals surface area contributed by atoms with E-state index < -0.39 is 5.60 Å². The Balaban J connectivity index is 1.44. The lowest BCUT2D eigenvalue weighted by molar-refractivity contribution is 0.0765. The molecule has 1 amide bonds. The Morgan fingerprint density at radius 2 is 1.87 bits per heavy atom. The molecule has 0 bridgehead atoms. The zero-order chi connectivity index (χ0) is 21.8. The van der Waals surface area contributed by atoms with Gasteiger partial charge in [-0.1, -0.05) is 6.07 Å². The number of hydrogen-bond donors (Lipinski definition) is 1. The average molecular weight is 414 g/mol. The van der Waals surface area contributed by atoms with E-state index in [1.54, 1.807) is 54.2 Å². The van der Waals surface area contributed by atoms with Crippen LogP contribution in [0.3, 0.4) is 0 Å². The van der Waals surface area contributed by atoms with Crippen molar-refractivity contribution in [3.63, 3.8) is 0 Å². The molecule has 1 aliphatic rings. The fraction of sp³-hybridized carbons (Fsp3) is 0.261. The quantitative estimate of drug-likeness (QED) is 0.552. The van der Waals surface area contributed by atoms with Crippen molar-refractivity contribution in [2.45, 2.75) is 32.5 Å². The Bertz CT molecular complexity index is 1300. The Kier molecular flexibility index (Phi) is 4.33. The molecule has 8 nitrogen and oxygen atoms in total. The Morgan fingerprint density at radius 1 is 1.10 bits per heavy atom. The minimum absolute atomic E-state index is 0.0218. The predicted octanol–water partition coefficient (Wildman–Crippen LogP) is 2.81. The van der Waals surface area contributed by atoms with Crippen LogP contribution in [0.25, 0.3) is 22.3 Å². The highest BCUT2D eigenvalue weighted by molar-refractivity contribution is 5.97. The van der Waals surface area contributed by atoms with Crippen LogP contribution in [0.2, 0.25) is 0 Å². The maximum atomic E-state index is 12.6. The lowest BCUT2D eigenvalue weighted by atomic mass is 9.94. The van der Waals surface area contributed by atoms with Crippen molar-refractivity contribution in [2.24, 2.45) is 7.05 Å². The van der Waals surface area contributed by atoms with Gasteiger partial charge >= 0.3 is 0 Å². The van der Waals surface area contributed by atoms with Gasteiger partial charge in [0.25, 0.3) is 5.91 Å². The van der Waals surface area contributed by atoms with Gasteiger partial charge in [-0.3, -0.25) is 14.5 Å². The summed E-state index contributed by atoms with van der Waals surface area (Å²) in [6.07, 6.45) is 7.11. The van der Waals surface area contributed by atoms with Gasteiger partial charge in [0.1, 0.15) is 0 Å². The van der Waals surface area contributed by atoms with E-state index in [2.05, 4.69) is 20.1 Å². The number of hydrogen-bond acceptors (Lipinski definition) is 6. The number of nitrogens with zero attached hydrogens (tertiary/aromatic N) is 6. The number of rotatable bonds is 4. The molecule has 1 aromatic carbocycles. The number of fused-ring (bicyclic) bond motifs is 2. The smallest absolute Gasteiger partial charge is 0.256 e. The van der Waals surface area contributed by atoms with Crippen LogP contribution in [0.5, 0.6) is 0 Å². The van der Waals surface area contributed by atoms with E-state index in [0.29, 0.717) is 24.5 Å². The first-order chi connectivity index (χ1) is 14.8. The van der Waals surface area contributed by atoms with Crippen molar-refractivity contribution in [2.75, 3.05) is 0 Å². The second-order valence-electron chi connectivity index (χ2n) is 8.36. The van der Waals surface area contributed by atoms with Gasteiger partial charge in [0.2, 0.25) is 0 Å². The molecule has 156 valence electrons. The van der Waals surface area contributed by atoms with E-state index >= 15 is 0 Å². The number of carbonyl (C=O) groups excluding carboxylic acids is 1. The normalized spacial score (nSPS) is 13.8. The van der Waals surface area contributed by atoms with Crippen LogP contribution in [0.15, 0.2) is 49.1 Å². The first-order valence-electron chi connectivity index (χ1n) is 10.0. The fourth-order valence-corrected chi connectivity index (χ4v) is 4.01. The van der Waals surface area contributed by atoms with Crippen LogP contribution in [-0.4, -0.2) is 40.6 Å². The van der Waals surface area contributed by atoms with Gasteiger partial charge in [-0.15, -0.1) is 0 Å². The van der Waals surface area contributed by atoms with Crippen molar-refractivity contribution in [3.05, 3.63) is 71.4 Å². The van der Waals surface area contributed by atoms with Gasteiger partial charge in [-0.25, -0.2) is 9.97 Å². The van der Waals surface area contributed by atoms with Crippen LogP contribution in [0.4, 0.5) is 0 Å². The van der Waals surface area contributed by atoms with E-state index in [0.717, 1.165) is 33.3 Å². The van der Waals surface area contributed by atoms with E-state index in [1.165, 1.54) is 0 Å². The summed E-state index contributed by atoms with van der Waals surface area (Å²) in [5.41, 5.74) is 3.63. The first-order valence-corrected chi connectivity index (χ1v) is 10.0. The van der Waals surface area contributed by atoms with Crippen molar-refractivity contribution in [1.29, 1.82) is 0 Å². The van der Waals surface area contributed by atoms with Gasteiger partial charge in [-0.2, -0.15) is 5.10 Å². The summed E-state index contributed by atoms with van der Waals surface area (Å²) in [5.74, 6) is 0.549. The summed E-state index contributed by atoms with van der Waals surface area (Å²) in [6, 6.07) is 7.37. The molecule has 0 spiro atoms. The highest BCUT2D eigenvalue weighted by Crippen LogP contribution is 2.33. The molecular formula is C23H22N6O2. The Labute approximate surface area is 179 Å². The summed E-state index contributed by atoms with van der Waals surface area (Å²) in [6.45, 7) is 4.41. The lowest BCUT2D eigenvalue weighted by Gasteiger charge is -2.19. The van der Waals surface area contributed by atoms with Crippen LogP contribution in [-0.2, 0) is 25.7 Å². The number of aromatic nitrogens is 5. The van der Waals surface area contributed by atoms with Crippen molar-refractivity contribution in [3.8, 4) is 11.4 Å². The van der Waals surface area contributed by atoms with Crippen LogP contribution < -0.4 is 0 Å². The minimum Gasteiger partial charge on any atom is -0.386 e. The zero-order valence-electron chi connectivity index (χ0n) is 17.6. The molecule has 5 rings (SSSR count). The predicted molar refractivity (Wildman–Crippen MR) is 115 cm³/mol. The van der Waals surface area contributed by atoms with Crippen molar-refractivity contribution < 1.29 is 9.90 Å². The van der Waals surface area contributed by atoms with E-state index in [9.17, 15) is 9.90 Å². The molecule has 8 heteroatoms. The third kappa shape index (κ3) is 3.34. The maximum absolute atomic E-state index is 12.6. The molecule has 0 radical (unpaired) electrons. The Morgan fingerprint density at radius 3 is 2.58 bits per heavy atom. The lowest BCUT2D eigenvalue weighted by Crippen LogP contribution is -2.23. The molecule has 0 aliphatic carbocycles. The molecule has 0 fully saturated rings. The molecule has 3 aromatic heterocycles. The van der Waals surface area contributed by atoms with E-state index in [4.69, 9.17) is 0 Å². The summed E-state index contributed by atoms with van der Waals surface area (Å²) in [5, 5.41) is 15.9. The molecular weight excluding hydrogens is 392 g/mol. The number of amides is 1. The molecule has 0 saturated heterocycles. The topological polar surface area (TPSA) is 97.0 Å². The molecule has 0 atom stereocenters. The molecule has 31 heavy (non-hydrogen) atoms. The summed E-state index contributed by atoms with van der Waals surface area (Å²) in [7, 11) is 1.85. The van der Waals surface area contributed by atoms with Crippen molar-refractivity contribution >= 4 is 16.8 Å². The van der Waals surface area contributed by atoms with Gasteiger partial charge in [0.05, 0.1) is 28.9 Å². The van der Waals surface area contributed by atoms with E-state index in [-0.39, 0.29) is 5.91 Å². The van der Waals surface area contributed by atoms with Crippen LogP contribution in [0.1, 0.15) is 41.0 Å². The molecule has 1 N–H and O–H groups in total. The first kappa shape index (κ1) is 19.3. The minimum atomic E-state index is -1.01. The monoisotopic (exact) mass is 414 g/mol. The van der Waals surface area contributed by atoms with Crippen LogP contribution in [0, 0.1) is 0 Å². The average Bonchev–Trinajstić information content (AvgIpc) is 3.27. The summed E-state index contributed by atoms with van der Waals surface area (Å²) in [4.78, 5) is 27.7. The van der Waals surface area contributed by atoms with Gasteiger partial charge in [0, 0.05) is 60.5 Å². The van der Waals surface area contributed by atoms with Gasteiger partial charge in [0.15, 0.2) is 5.82 Å². The number of pyridine rings is 1. The summed E-state index contributed by atoms with van der Waals surface area (Å²) < 4.78 is 1.72. The zero-order valence-corrected chi connectivity index (χ0v) is 17.6. The van der Waals surface area contributed by atoms with E-state index in [1.807, 2.05) is 25.4 Å². The number of benzene rings is 1. The Hall–Kier alpha value is -3.65. The molecule has 1 aliphatic heterocycles. The second kappa shape index (κ2) is 6.95. The second-order valence-corrected chi connectivity index (χ2v) is 8.36. The molecule has 0 unspecified atom stereocenters. The third-order valence-corrected chi connectivity index (χ3v) is 5.52. The largest absolute Gasteiger partial charge is 0.386 e.